The highest BCUT2D eigenvalue weighted by atomic mass is 16.2. The molecule has 6 nitrogen and oxygen atoms in total. The zero-order valence-electron chi connectivity index (χ0n) is 10.2. The maximum absolute atomic E-state index is 11.8. The standard InChI is InChI=1S/C11H19N5O/c1-7(2)10(12)11(17)15-9-3-4-14-16(9)8-5-13-6-8/h3-4,7-8,10,13H,5-6,12H2,1-2H3,(H,15,17)/t10-/m1/s1. The predicted molar refractivity (Wildman–Crippen MR) is 65.6 cm³/mol. The molecule has 1 saturated heterocycles. The second-order valence-electron chi connectivity index (χ2n) is 4.73. The highest BCUT2D eigenvalue weighted by Crippen LogP contribution is 2.17. The van der Waals surface area contributed by atoms with E-state index in [4.69, 9.17) is 5.73 Å². The van der Waals surface area contributed by atoms with Crippen LogP contribution in [-0.4, -0.2) is 34.8 Å². The molecular weight excluding hydrogens is 218 g/mol. The van der Waals surface area contributed by atoms with E-state index in [-0.39, 0.29) is 11.8 Å². The molecule has 1 aromatic rings. The van der Waals surface area contributed by atoms with Crippen LogP contribution < -0.4 is 16.4 Å². The van der Waals surface area contributed by atoms with Gasteiger partial charge in [-0.2, -0.15) is 5.10 Å². The molecule has 1 aliphatic rings. The lowest BCUT2D eigenvalue weighted by Gasteiger charge is -2.29. The van der Waals surface area contributed by atoms with Gasteiger partial charge >= 0.3 is 0 Å². The summed E-state index contributed by atoms with van der Waals surface area (Å²) in [5.74, 6) is 0.684. The summed E-state index contributed by atoms with van der Waals surface area (Å²) in [6.45, 7) is 5.64. The van der Waals surface area contributed by atoms with E-state index in [0.29, 0.717) is 6.04 Å². The first-order chi connectivity index (χ1) is 8.09. The van der Waals surface area contributed by atoms with E-state index in [1.807, 2.05) is 18.5 Å². The van der Waals surface area contributed by atoms with E-state index in [2.05, 4.69) is 15.7 Å². The van der Waals surface area contributed by atoms with Gasteiger partial charge in [-0.15, -0.1) is 0 Å². The zero-order valence-corrected chi connectivity index (χ0v) is 10.2. The summed E-state index contributed by atoms with van der Waals surface area (Å²) >= 11 is 0. The molecule has 1 amide bonds. The first-order valence-corrected chi connectivity index (χ1v) is 5.90. The summed E-state index contributed by atoms with van der Waals surface area (Å²) in [6.07, 6.45) is 1.69. The molecule has 17 heavy (non-hydrogen) atoms. The topological polar surface area (TPSA) is 85.0 Å². The number of hydrogen-bond acceptors (Lipinski definition) is 4. The van der Waals surface area contributed by atoms with Gasteiger partial charge in [-0.05, 0) is 5.92 Å². The number of aromatic nitrogens is 2. The van der Waals surface area contributed by atoms with Crippen LogP contribution in [0.15, 0.2) is 12.3 Å². The molecule has 2 rings (SSSR count). The van der Waals surface area contributed by atoms with E-state index < -0.39 is 6.04 Å². The lowest BCUT2D eigenvalue weighted by atomic mass is 10.1. The summed E-state index contributed by atoms with van der Waals surface area (Å²) in [6, 6.07) is 1.64. The second-order valence-corrected chi connectivity index (χ2v) is 4.73. The lowest BCUT2D eigenvalue weighted by molar-refractivity contribution is -0.118. The van der Waals surface area contributed by atoms with Gasteiger partial charge in [-0.3, -0.25) is 4.79 Å². The lowest BCUT2D eigenvalue weighted by Crippen LogP contribution is -2.45. The first kappa shape index (κ1) is 12.1. The van der Waals surface area contributed by atoms with Crippen LogP contribution in [0.5, 0.6) is 0 Å². The molecule has 0 radical (unpaired) electrons. The van der Waals surface area contributed by atoms with Crippen molar-refractivity contribution in [1.29, 1.82) is 0 Å². The maximum Gasteiger partial charge on any atom is 0.242 e. The van der Waals surface area contributed by atoms with Gasteiger partial charge in [-0.1, -0.05) is 13.8 Å². The van der Waals surface area contributed by atoms with Gasteiger partial charge in [0.05, 0.1) is 18.3 Å². The van der Waals surface area contributed by atoms with Gasteiger partial charge in [0.1, 0.15) is 5.82 Å². The third kappa shape index (κ3) is 2.48. The third-order valence-electron chi connectivity index (χ3n) is 3.05. The smallest absolute Gasteiger partial charge is 0.242 e. The summed E-state index contributed by atoms with van der Waals surface area (Å²) in [5.41, 5.74) is 5.80. The van der Waals surface area contributed by atoms with Crippen LogP contribution in [0.1, 0.15) is 19.9 Å². The van der Waals surface area contributed by atoms with Gasteiger partial charge in [0.25, 0.3) is 0 Å². The molecule has 1 fully saturated rings. The Balaban J connectivity index is 2.03. The second kappa shape index (κ2) is 4.85. The van der Waals surface area contributed by atoms with Crippen molar-refractivity contribution in [2.24, 2.45) is 11.7 Å². The average molecular weight is 237 g/mol. The van der Waals surface area contributed by atoms with Gasteiger partial charge < -0.3 is 16.4 Å². The van der Waals surface area contributed by atoms with Crippen LogP contribution in [0.4, 0.5) is 5.82 Å². The van der Waals surface area contributed by atoms with Crippen molar-refractivity contribution >= 4 is 11.7 Å². The minimum atomic E-state index is -0.488. The van der Waals surface area contributed by atoms with Crippen LogP contribution in [-0.2, 0) is 4.79 Å². The Bertz CT molecular complexity index is 396. The number of nitrogens with zero attached hydrogens (tertiary/aromatic N) is 2. The monoisotopic (exact) mass is 237 g/mol. The largest absolute Gasteiger partial charge is 0.320 e. The fourth-order valence-corrected chi connectivity index (χ4v) is 1.66. The van der Waals surface area contributed by atoms with E-state index in [0.717, 1.165) is 18.9 Å². The third-order valence-corrected chi connectivity index (χ3v) is 3.05. The van der Waals surface area contributed by atoms with Crippen LogP contribution in [0.3, 0.4) is 0 Å². The Hall–Kier alpha value is -1.40. The zero-order chi connectivity index (χ0) is 12.4. The first-order valence-electron chi connectivity index (χ1n) is 5.90. The van der Waals surface area contributed by atoms with Crippen molar-refractivity contribution < 1.29 is 4.79 Å². The molecule has 0 bridgehead atoms. The van der Waals surface area contributed by atoms with Crippen LogP contribution in [0.2, 0.25) is 0 Å². The number of amides is 1. The number of nitrogens with one attached hydrogen (secondary N) is 2. The number of nitrogens with two attached hydrogens (primary N) is 1. The molecule has 0 aromatic carbocycles. The Kier molecular flexibility index (Phi) is 3.44. The minimum Gasteiger partial charge on any atom is -0.320 e. The van der Waals surface area contributed by atoms with Gasteiger partial charge in [0.15, 0.2) is 0 Å². The normalized spacial score (nSPS) is 17.9. The maximum atomic E-state index is 11.8. The van der Waals surface area contributed by atoms with Gasteiger partial charge in [-0.25, -0.2) is 4.68 Å². The van der Waals surface area contributed by atoms with Crippen molar-refractivity contribution in [3.05, 3.63) is 12.3 Å². The molecule has 1 aliphatic heterocycles. The Labute approximate surface area is 101 Å². The molecule has 0 spiro atoms. The Morgan fingerprint density at radius 1 is 1.65 bits per heavy atom. The fraction of sp³-hybridized carbons (Fsp3) is 0.636. The number of anilines is 1. The van der Waals surface area contributed by atoms with E-state index in [9.17, 15) is 4.79 Å². The molecular formula is C11H19N5O. The molecule has 0 aliphatic carbocycles. The fourth-order valence-electron chi connectivity index (χ4n) is 1.66. The molecule has 1 atom stereocenters. The SMILES string of the molecule is CC(C)[C@@H](N)C(=O)Nc1ccnn1C1CNC1. The van der Waals surface area contributed by atoms with Crippen LogP contribution in [0.25, 0.3) is 0 Å². The van der Waals surface area contributed by atoms with Crippen molar-refractivity contribution in [3.63, 3.8) is 0 Å². The van der Waals surface area contributed by atoms with Crippen LogP contribution >= 0.6 is 0 Å². The molecule has 0 saturated carbocycles. The highest BCUT2D eigenvalue weighted by molar-refractivity contribution is 5.94. The number of carbonyl (C=O) groups is 1. The molecule has 6 heteroatoms. The number of rotatable bonds is 4. The van der Waals surface area contributed by atoms with Crippen molar-refractivity contribution in [3.8, 4) is 0 Å². The average Bonchev–Trinajstić information content (AvgIpc) is 2.62. The molecule has 4 N–H and O–H groups in total. The predicted octanol–water partition coefficient (Wildman–Crippen LogP) is -0.0508. The Morgan fingerprint density at radius 3 is 2.88 bits per heavy atom. The highest BCUT2D eigenvalue weighted by Gasteiger charge is 2.24. The summed E-state index contributed by atoms with van der Waals surface area (Å²) in [7, 11) is 0. The number of hydrogen-bond donors (Lipinski definition) is 3. The van der Waals surface area contributed by atoms with Crippen LogP contribution in [0, 0.1) is 5.92 Å². The van der Waals surface area contributed by atoms with E-state index in [1.165, 1.54) is 0 Å². The molecule has 1 aromatic heterocycles. The molecule has 2 heterocycles. The van der Waals surface area contributed by atoms with Crippen molar-refractivity contribution in [2.75, 3.05) is 18.4 Å². The van der Waals surface area contributed by atoms with Gasteiger partial charge in [0.2, 0.25) is 5.91 Å². The van der Waals surface area contributed by atoms with E-state index in [1.54, 1.807) is 12.3 Å². The van der Waals surface area contributed by atoms with Crippen molar-refractivity contribution in [2.45, 2.75) is 25.9 Å². The Morgan fingerprint density at radius 2 is 2.35 bits per heavy atom. The van der Waals surface area contributed by atoms with Crippen molar-refractivity contribution in [1.82, 2.24) is 15.1 Å². The summed E-state index contributed by atoms with van der Waals surface area (Å²) < 4.78 is 1.83. The molecule has 0 unspecified atom stereocenters. The van der Waals surface area contributed by atoms with E-state index >= 15 is 0 Å². The minimum absolute atomic E-state index is 0.122. The molecule has 94 valence electrons. The number of carbonyl (C=O) groups excluding carboxylic acids is 1. The quantitative estimate of drug-likeness (QED) is 0.685. The summed E-state index contributed by atoms with van der Waals surface area (Å²) in [5, 5.41) is 10.2. The van der Waals surface area contributed by atoms with Gasteiger partial charge in [0, 0.05) is 19.2 Å². The summed E-state index contributed by atoms with van der Waals surface area (Å²) in [4.78, 5) is 11.8.